The van der Waals surface area contributed by atoms with Crippen LogP contribution in [0.1, 0.15) is 30.9 Å². The first kappa shape index (κ1) is 13.3. The normalized spacial score (nSPS) is 10.7. The summed E-state index contributed by atoms with van der Waals surface area (Å²) in [5, 5.41) is 5.63. The molecule has 0 saturated carbocycles. The van der Waals surface area contributed by atoms with Gasteiger partial charge in [0.2, 0.25) is 0 Å². The number of halogens is 1. The van der Waals surface area contributed by atoms with Crippen LogP contribution in [0.4, 0.5) is 4.39 Å². The van der Waals surface area contributed by atoms with Crippen LogP contribution in [0, 0.1) is 5.82 Å². The fourth-order valence-electron chi connectivity index (χ4n) is 2.29. The van der Waals surface area contributed by atoms with Crippen molar-refractivity contribution in [1.82, 2.24) is 0 Å². The Balaban J connectivity index is 2.73. The van der Waals surface area contributed by atoms with Crippen LogP contribution in [-0.4, -0.2) is 5.84 Å². The SMILES string of the molecule is CC(C)c1ccccc1-c1cccc(F)c1C(N)=[NH2+]. The molecule has 3 heteroatoms. The van der Waals surface area contributed by atoms with E-state index in [0.29, 0.717) is 5.92 Å². The summed E-state index contributed by atoms with van der Waals surface area (Å²) in [6, 6.07) is 12.8. The van der Waals surface area contributed by atoms with E-state index < -0.39 is 5.82 Å². The molecule has 98 valence electrons. The molecule has 2 aromatic carbocycles. The smallest absolute Gasteiger partial charge is 0.274 e. The third-order valence-electron chi connectivity index (χ3n) is 3.18. The molecule has 0 fully saturated rings. The number of hydrogen-bond donors (Lipinski definition) is 2. The highest BCUT2D eigenvalue weighted by molar-refractivity contribution is 6.00. The van der Waals surface area contributed by atoms with Crippen LogP contribution in [0.5, 0.6) is 0 Å². The summed E-state index contributed by atoms with van der Waals surface area (Å²) in [5.74, 6) is -0.0472. The third-order valence-corrected chi connectivity index (χ3v) is 3.18. The van der Waals surface area contributed by atoms with E-state index in [4.69, 9.17) is 11.1 Å². The molecule has 2 aromatic rings. The monoisotopic (exact) mass is 257 g/mol. The minimum Gasteiger partial charge on any atom is -0.287 e. The topological polar surface area (TPSA) is 51.6 Å². The van der Waals surface area contributed by atoms with E-state index in [1.165, 1.54) is 6.07 Å². The van der Waals surface area contributed by atoms with E-state index in [1.54, 1.807) is 6.07 Å². The van der Waals surface area contributed by atoms with E-state index in [9.17, 15) is 4.39 Å². The molecule has 0 spiro atoms. The molecule has 2 nitrogen and oxygen atoms in total. The minimum atomic E-state index is -0.393. The van der Waals surface area contributed by atoms with Gasteiger partial charge >= 0.3 is 0 Å². The van der Waals surface area contributed by atoms with Gasteiger partial charge in [-0.25, -0.2) is 4.39 Å². The Hall–Kier alpha value is -2.16. The third kappa shape index (κ3) is 2.50. The molecule has 0 amide bonds. The molecule has 0 aromatic heterocycles. The van der Waals surface area contributed by atoms with Gasteiger partial charge in [-0.3, -0.25) is 11.1 Å². The second kappa shape index (κ2) is 5.22. The van der Waals surface area contributed by atoms with Gasteiger partial charge in [-0.1, -0.05) is 50.2 Å². The molecular weight excluding hydrogens is 239 g/mol. The van der Waals surface area contributed by atoms with Gasteiger partial charge in [0.05, 0.1) is 0 Å². The number of amidine groups is 1. The summed E-state index contributed by atoms with van der Waals surface area (Å²) in [7, 11) is 0. The highest BCUT2D eigenvalue weighted by Gasteiger charge is 2.18. The second-order valence-electron chi connectivity index (χ2n) is 4.86. The summed E-state index contributed by atoms with van der Waals surface area (Å²) in [6.45, 7) is 4.21. The van der Waals surface area contributed by atoms with Crippen LogP contribution in [0.15, 0.2) is 42.5 Å². The van der Waals surface area contributed by atoms with Crippen molar-refractivity contribution < 1.29 is 9.80 Å². The van der Waals surface area contributed by atoms with Crippen LogP contribution in [0.25, 0.3) is 11.1 Å². The average molecular weight is 257 g/mol. The van der Waals surface area contributed by atoms with Gasteiger partial charge in [-0.05, 0) is 23.1 Å². The van der Waals surface area contributed by atoms with Crippen molar-refractivity contribution in [1.29, 1.82) is 0 Å². The van der Waals surface area contributed by atoms with Crippen molar-refractivity contribution in [3.8, 4) is 11.1 Å². The zero-order valence-electron chi connectivity index (χ0n) is 11.2. The van der Waals surface area contributed by atoms with Crippen molar-refractivity contribution >= 4 is 5.84 Å². The maximum absolute atomic E-state index is 13.9. The molecule has 0 aliphatic carbocycles. The molecule has 0 radical (unpaired) electrons. The van der Waals surface area contributed by atoms with Gasteiger partial charge in [0.15, 0.2) is 0 Å². The highest BCUT2D eigenvalue weighted by Crippen LogP contribution is 2.31. The number of rotatable bonds is 3. The average Bonchev–Trinajstić information content (AvgIpc) is 2.37. The lowest BCUT2D eigenvalue weighted by Gasteiger charge is -2.14. The molecule has 0 atom stereocenters. The minimum absolute atomic E-state index is 0.00617. The Kier molecular flexibility index (Phi) is 3.65. The molecule has 19 heavy (non-hydrogen) atoms. The summed E-state index contributed by atoms with van der Waals surface area (Å²) in [5.41, 5.74) is 8.78. The summed E-state index contributed by atoms with van der Waals surface area (Å²) < 4.78 is 13.9. The summed E-state index contributed by atoms with van der Waals surface area (Å²) in [6.07, 6.45) is 0. The Labute approximate surface area is 112 Å². The van der Waals surface area contributed by atoms with Gasteiger partial charge in [-0.15, -0.1) is 0 Å². The maximum atomic E-state index is 13.9. The standard InChI is InChI=1S/C16H17FN2/c1-10(2)11-6-3-4-7-12(11)13-8-5-9-14(17)15(13)16(18)19/h3-10H,1-2H3,(H3,18,19)/p+1. The van der Waals surface area contributed by atoms with E-state index in [0.717, 1.165) is 16.7 Å². The first-order valence-corrected chi connectivity index (χ1v) is 6.28. The largest absolute Gasteiger partial charge is 0.287 e. The zero-order valence-corrected chi connectivity index (χ0v) is 11.2. The van der Waals surface area contributed by atoms with Crippen molar-refractivity contribution in [3.63, 3.8) is 0 Å². The van der Waals surface area contributed by atoms with E-state index in [1.807, 2.05) is 30.3 Å². The predicted molar refractivity (Wildman–Crippen MR) is 76.1 cm³/mol. The Bertz CT molecular complexity index is 618. The molecular formula is C16H18FN2+. The summed E-state index contributed by atoms with van der Waals surface area (Å²) >= 11 is 0. The number of nitrogens with two attached hydrogens (primary N) is 2. The van der Waals surface area contributed by atoms with Gasteiger partial charge < -0.3 is 0 Å². The quantitative estimate of drug-likeness (QED) is 0.642. The van der Waals surface area contributed by atoms with E-state index in [2.05, 4.69) is 13.8 Å². The lowest BCUT2D eigenvalue weighted by Crippen LogP contribution is -2.47. The zero-order chi connectivity index (χ0) is 14.0. The van der Waals surface area contributed by atoms with Gasteiger partial charge in [0.25, 0.3) is 5.84 Å². The molecule has 0 bridgehead atoms. The molecule has 0 heterocycles. The predicted octanol–water partition coefficient (Wildman–Crippen LogP) is 2.08. The van der Waals surface area contributed by atoms with Gasteiger partial charge in [0, 0.05) is 5.56 Å². The maximum Gasteiger partial charge on any atom is 0.274 e. The number of benzene rings is 2. The summed E-state index contributed by atoms with van der Waals surface area (Å²) in [4.78, 5) is 0. The Morgan fingerprint density at radius 2 is 1.68 bits per heavy atom. The van der Waals surface area contributed by atoms with Crippen molar-refractivity contribution in [2.75, 3.05) is 0 Å². The van der Waals surface area contributed by atoms with Crippen LogP contribution in [-0.2, 0) is 0 Å². The molecule has 4 N–H and O–H groups in total. The first-order chi connectivity index (χ1) is 9.02. The molecule has 0 unspecified atom stereocenters. The van der Waals surface area contributed by atoms with Crippen molar-refractivity contribution in [3.05, 3.63) is 59.4 Å². The highest BCUT2D eigenvalue weighted by atomic mass is 19.1. The van der Waals surface area contributed by atoms with Gasteiger partial charge in [0.1, 0.15) is 11.4 Å². The van der Waals surface area contributed by atoms with Crippen molar-refractivity contribution in [2.24, 2.45) is 5.73 Å². The molecule has 0 saturated heterocycles. The second-order valence-corrected chi connectivity index (χ2v) is 4.86. The van der Waals surface area contributed by atoms with Crippen LogP contribution in [0.2, 0.25) is 0 Å². The fourth-order valence-corrected chi connectivity index (χ4v) is 2.29. The van der Waals surface area contributed by atoms with E-state index >= 15 is 0 Å². The fraction of sp³-hybridized carbons (Fsp3) is 0.188. The molecule has 2 rings (SSSR count). The van der Waals surface area contributed by atoms with Crippen LogP contribution < -0.4 is 11.1 Å². The Morgan fingerprint density at radius 3 is 2.32 bits per heavy atom. The van der Waals surface area contributed by atoms with Gasteiger partial charge in [-0.2, -0.15) is 0 Å². The molecule has 0 aliphatic rings. The first-order valence-electron chi connectivity index (χ1n) is 6.28. The van der Waals surface area contributed by atoms with Crippen LogP contribution >= 0.6 is 0 Å². The lowest BCUT2D eigenvalue weighted by atomic mass is 9.90. The lowest BCUT2D eigenvalue weighted by molar-refractivity contribution is -0.114. The number of hydrogen-bond acceptors (Lipinski definition) is 0. The molecule has 0 aliphatic heterocycles. The van der Waals surface area contributed by atoms with Crippen LogP contribution in [0.3, 0.4) is 0 Å². The Morgan fingerprint density at radius 1 is 1.05 bits per heavy atom. The van der Waals surface area contributed by atoms with E-state index in [-0.39, 0.29) is 11.4 Å². The van der Waals surface area contributed by atoms with Crippen molar-refractivity contribution in [2.45, 2.75) is 19.8 Å².